The molecule has 1 aromatic carbocycles. The summed E-state index contributed by atoms with van der Waals surface area (Å²) in [7, 11) is 2.17. The number of hydrogen-bond donors (Lipinski definition) is 1. The molecule has 0 amide bonds. The van der Waals surface area contributed by atoms with E-state index in [-0.39, 0.29) is 0 Å². The molecule has 1 aliphatic rings. The summed E-state index contributed by atoms with van der Waals surface area (Å²) in [6, 6.07) is 7.71. The van der Waals surface area contributed by atoms with Gasteiger partial charge in [-0.3, -0.25) is 5.10 Å². The molecule has 1 aliphatic heterocycles. The van der Waals surface area contributed by atoms with Crippen LogP contribution >= 0.6 is 11.6 Å². The van der Waals surface area contributed by atoms with Crippen molar-refractivity contribution in [3.05, 3.63) is 35.5 Å². The Morgan fingerprint density at radius 1 is 1.43 bits per heavy atom. The van der Waals surface area contributed by atoms with Crippen molar-refractivity contribution in [2.75, 3.05) is 26.7 Å². The number of aromatic nitrogens is 2. The molecule has 1 fully saturated rings. The van der Waals surface area contributed by atoms with Crippen molar-refractivity contribution in [1.82, 2.24) is 15.1 Å². The minimum atomic E-state index is 0.596. The largest absolute Gasteiger partial charge is 0.493 e. The van der Waals surface area contributed by atoms with Crippen LogP contribution in [0.15, 0.2) is 30.5 Å². The van der Waals surface area contributed by atoms with Gasteiger partial charge in [0.2, 0.25) is 0 Å². The number of nitrogens with one attached hydrogen (secondary N) is 1. The van der Waals surface area contributed by atoms with Gasteiger partial charge in [0.25, 0.3) is 0 Å². The fraction of sp³-hybridized carbons (Fsp3) is 0.438. The Balaban J connectivity index is 1.68. The highest BCUT2D eigenvalue weighted by atomic mass is 35.5. The maximum absolute atomic E-state index is 6.19. The lowest BCUT2D eigenvalue weighted by Gasteiger charge is -2.29. The normalized spacial score (nSPS) is 19.6. The average Bonchev–Trinajstić information content (AvgIpc) is 2.99. The van der Waals surface area contributed by atoms with Gasteiger partial charge < -0.3 is 9.64 Å². The van der Waals surface area contributed by atoms with E-state index in [1.807, 2.05) is 24.3 Å². The monoisotopic (exact) mass is 305 g/mol. The van der Waals surface area contributed by atoms with Crippen molar-refractivity contribution in [1.29, 1.82) is 0 Å². The fourth-order valence-corrected chi connectivity index (χ4v) is 3.07. The molecule has 1 atom stereocenters. The number of halogens is 1. The molecule has 0 aliphatic carbocycles. The van der Waals surface area contributed by atoms with Gasteiger partial charge in [-0.05, 0) is 50.7 Å². The Kier molecular flexibility index (Phi) is 4.46. The first-order valence-electron chi connectivity index (χ1n) is 7.32. The molecule has 1 saturated heterocycles. The molecular weight excluding hydrogens is 286 g/mol. The number of hydrogen-bond acceptors (Lipinski definition) is 3. The van der Waals surface area contributed by atoms with Crippen LogP contribution in [0, 0.1) is 5.92 Å². The molecule has 1 N–H and O–H groups in total. The van der Waals surface area contributed by atoms with Gasteiger partial charge in [0.15, 0.2) is 0 Å². The van der Waals surface area contributed by atoms with E-state index < -0.39 is 0 Å². The molecule has 5 heteroatoms. The van der Waals surface area contributed by atoms with Crippen LogP contribution in [0.3, 0.4) is 0 Å². The summed E-state index contributed by atoms with van der Waals surface area (Å²) in [6.45, 7) is 3.04. The van der Waals surface area contributed by atoms with E-state index in [4.69, 9.17) is 16.3 Å². The van der Waals surface area contributed by atoms with Crippen LogP contribution in [0.1, 0.15) is 12.8 Å². The fourth-order valence-electron chi connectivity index (χ4n) is 2.84. The third kappa shape index (κ3) is 3.77. The Bertz CT molecular complexity index is 585. The maximum atomic E-state index is 6.19. The molecule has 4 nitrogen and oxygen atoms in total. The third-order valence-corrected chi connectivity index (χ3v) is 4.11. The zero-order chi connectivity index (χ0) is 14.7. The van der Waals surface area contributed by atoms with Crippen molar-refractivity contribution < 1.29 is 4.74 Å². The van der Waals surface area contributed by atoms with E-state index in [1.54, 1.807) is 6.20 Å². The summed E-state index contributed by atoms with van der Waals surface area (Å²) in [5, 5.41) is 7.60. The summed E-state index contributed by atoms with van der Waals surface area (Å²) in [5.41, 5.74) is 1.94. The highest BCUT2D eigenvalue weighted by Gasteiger charge is 2.17. The van der Waals surface area contributed by atoms with Crippen molar-refractivity contribution in [3.63, 3.8) is 0 Å². The minimum Gasteiger partial charge on any atom is -0.493 e. The van der Waals surface area contributed by atoms with Crippen LogP contribution < -0.4 is 4.74 Å². The van der Waals surface area contributed by atoms with Crippen LogP contribution in [-0.2, 0) is 0 Å². The quantitative estimate of drug-likeness (QED) is 0.940. The summed E-state index contributed by atoms with van der Waals surface area (Å²) in [6.07, 6.45) is 4.21. The van der Waals surface area contributed by atoms with Gasteiger partial charge in [0.05, 0.1) is 12.3 Å². The van der Waals surface area contributed by atoms with E-state index in [1.165, 1.54) is 19.4 Å². The summed E-state index contributed by atoms with van der Waals surface area (Å²) in [4.78, 5) is 2.37. The van der Waals surface area contributed by atoms with Gasteiger partial charge in [-0.1, -0.05) is 11.6 Å². The first kappa shape index (κ1) is 14.4. The van der Waals surface area contributed by atoms with E-state index in [2.05, 4.69) is 22.1 Å². The maximum Gasteiger partial charge on any atom is 0.121 e. The minimum absolute atomic E-state index is 0.596. The highest BCUT2D eigenvalue weighted by molar-refractivity contribution is 6.31. The third-order valence-electron chi connectivity index (χ3n) is 3.89. The lowest BCUT2D eigenvalue weighted by Crippen LogP contribution is -2.34. The predicted molar refractivity (Wildman–Crippen MR) is 84.7 cm³/mol. The SMILES string of the molecule is CN1CCCC(COc2cc(Cl)cc(-c3ccn[nH]3)c2)C1. The van der Waals surface area contributed by atoms with Crippen LogP contribution in [0.4, 0.5) is 0 Å². The Labute approximate surface area is 130 Å². The predicted octanol–water partition coefficient (Wildman–Crippen LogP) is 3.45. The van der Waals surface area contributed by atoms with Gasteiger partial charge in [0.1, 0.15) is 5.75 Å². The second-order valence-corrected chi connectivity index (χ2v) is 6.16. The van der Waals surface area contributed by atoms with E-state index >= 15 is 0 Å². The van der Waals surface area contributed by atoms with Crippen LogP contribution in [0.2, 0.25) is 5.02 Å². The number of benzene rings is 1. The van der Waals surface area contributed by atoms with Crippen molar-refractivity contribution >= 4 is 11.6 Å². The van der Waals surface area contributed by atoms with Crippen LogP contribution in [-0.4, -0.2) is 41.8 Å². The molecule has 112 valence electrons. The second kappa shape index (κ2) is 6.50. The number of rotatable bonds is 4. The van der Waals surface area contributed by atoms with Gasteiger partial charge in [0, 0.05) is 29.2 Å². The molecule has 3 rings (SSSR count). The van der Waals surface area contributed by atoms with Gasteiger partial charge in [-0.15, -0.1) is 0 Å². The molecule has 1 unspecified atom stereocenters. The van der Waals surface area contributed by atoms with Crippen LogP contribution in [0.5, 0.6) is 5.75 Å². The molecule has 2 aromatic rings. The zero-order valence-corrected chi connectivity index (χ0v) is 12.9. The van der Waals surface area contributed by atoms with Crippen molar-refractivity contribution in [2.24, 2.45) is 5.92 Å². The van der Waals surface area contributed by atoms with Gasteiger partial charge in [-0.2, -0.15) is 5.10 Å². The molecular formula is C16H20ClN3O. The van der Waals surface area contributed by atoms with E-state index in [0.717, 1.165) is 30.2 Å². The standard InChI is InChI=1S/C16H20ClN3O/c1-20-6-2-3-12(10-20)11-21-15-8-13(7-14(17)9-15)16-4-5-18-19-16/h4-5,7-9,12H,2-3,6,10-11H2,1H3,(H,18,19). The first-order valence-corrected chi connectivity index (χ1v) is 7.70. The Hall–Kier alpha value is -1.52. The van der Waals surface area contributed by atoms with Gasteiger partial charge >= 0.3 is 0 Å². The zero-order valence-electron chi connectivity index (χ0n) is 12.2. The Morgan fingerprint density at radius 2 is 2.33 bits per heavy atom. The number of aromatic amines is 1. The van der Waals surface area contributed by atoms with Crippen molar-refractivity contribution in [2.45, 2.75) is 12.8 Å². The van der Waals surface area contributed by atoms with E-state index in [9.17, 15) is 0 Å². The summed E-state index contributed by atoms with van der Waals surface area (Å²) in [5.74, 6) is 1.42. The number of nitrogens with zero attached hydrogens (tertiary/aromatic N) is 2. The van der Waals surface area contributed by atoms with Crippen LogP contribution in [0.25, 0.3) is 11.3 Å². The number of piperidine rings is 1. The van der Waals surface area contributed by atoms with E-state index in [0.29, 0.717) is 10.9 Å². The number of ether oxygens (including phenoxy) is 1. The molecule has 1 aromatic heterocycles. The molecule has 0 saturated carbocycles. The van der Waals surface area contributed by atoms with Crippen molar-refractivity contribution in [3.8, 4) is 17.0 Å². The molecule has 21 heavy (non-hydrogen) atoms. The smallest absolute Gasteiger partial charge is 0.121 e. The number of H-pyrrole nitrogens is 1. The molecule has 0 radical (unpaired) electrons. The second-order valence-electron chi connectivity index (χ2n) is 5.73. The average molecular weight is 306 g/mol. The molecule has 0 bridgehead atoms. The lowest BCUT2D eigenvalue weighted by atomic mass is 9.99. The first-order chi connectivity index (χ1) is 10.2. The molecule has 2 heterocycles. The Morgan fingerprint density at radius 3 is 3.10 bits per heavy atom. The highest BCUT2D eigenvalue weighted by Crippen LogP contribution is 2.28. The molecule has 0 spiro atoms. The summed E-state index contributed by atoms with van der Waals surface area (Å²) >= 11 is 6.19. The lowest BCUT2D eigenvalue weighted by molar-refractivity contribution is 0.150. The number of likely N-dealkylation sites (tertiary alicyclic amines) is 1. The summed E-state index contributed by atoms with van der Waals surface area (Å²) < 4.78 is 5.97. The topological polar surface area (TPSA) is 41.1 Å². The van der Waals surface area contributed by atoms with Gasteiger partial charge in [-0.25, -0.2) is 0 Å².